The molecular formula is C36H34ClN3O4. The summed E-state index contributed by atoms with van der Waals surface area (Å²) in [6.07, 6.45) is 5.19. The highest BCUT2D eigenvalue weighted by Gasteiger charge is 2.34. The molecule has 44 heavy (non-hydrogen) atoms. The van der Waals surface area contributed by atoms with Gasteiger partial charge in [-0.15, -0.1) is 11.6 Å². The SMILES string of the molecule is Cc1cc2c(cc1OCc1cccc(CC(=O)N3C[C@@H](CCl)c4c3cc(O)c3ccccc43)c1)N=C[C@@H]1CCCCN1C2=O. The van der Waals surface area contributed by atoms with Gasteiger partial charge in [0.1, 0.15) is 18.1 Å². The average molecular weight is 608 g/mol. The number of aliphatic imine (C=N–C) groups is 1. The molecule has 7 nitrogen and oxygen atoms in total. The van der Waals surface area contributed by atoms with Gasteiger partial charge in [0.15, 0.2) is 0 Å². The molecule has 3 aliphatic rings. The van der Waals surface area contributed by atoms with Crippen LogP contribution in [0.5, 0.6) is 11.5 Å². The number of carbonyl (C=O) groups is 2. The smallest absolute Gasteiger partial charge is 0.256 e. The lowest BCUT2D eigenvalue weighted by Gasteiger charge is -2.32. The van der Waals surface area contributed by atoms with Crippen molar-refractivity contribution in [1.82, 2.24) is 4.90 Å². The van der Waals surface area contributed by atoms with E-state index in [1.807, 2.05) is 78.7 Å². The number of phenols is 1. The molecule has 7 rings (SSSR count). The number of hydrogen-bond donors (Lipinski definition) is 1. The summed E-state index contributed by atoms with van der Waals surface area (Å²) in [5.74, 6) is 1.21. The number of ether oxygens (including phenoxy) is 1. The second-order valence-corrected chi connectivity index (χ2v) is 12.3. The molecule has 0 unspecified atom stereocenters. The number of benzene rings is 4. The van der Waals surface area contributed by atoms with E-state index >= 15 is 0 Å². The van der Waals surface area contributed by atoms with Crippen LogP contribution in [0.4, 0.5) is 11.4 Å². The van der Waals surface area contributed by atoms with Crippen molar-refractivity contribution in [3.05, 3.63) is 94.5 Å². The molecule has 224 valence electrons. The molecule has 0 spiro atoms. The van der Waals surface area contributed by atoms with E-state index in [4.69, 9.17) is 16.3 Å². The van der Waals surface area contributed by atoms with Crippen molar-refractivity contribution in [2.75, 3.05) is 23.9 Å². The highest BCUT2D eigenvalue weighted by Crippen LogP contribution is 2.45. The number of hydrogen-bond acceptors (Lipinski definition) is 5. The molecule has 2 atom stereocenters. The van der Waals surface area contributed by atoms with Crippen LogP contribution in [0.15, 0.2) is 71.7 Å². The number of piperidine rings is 1. The number of carbonyl (C=O) groups excluding carboxylic acids is 2. The van der Waals surface area contributed by atoms with E-state index in [1.165, 1.54) is 0 Å². The van der Waals surface area contributed by atoms with Gasteiger partial charge in [-0.1, -0.05) is 48.5 Å². The second-order valence-electron chi connectivity index (χ2n) is 12.0. The number of aromatic hydroxyl groups is 1. The van der Waals surface area contributed by atoms with E-state index in [0.717, 1.165) is 64.5 Å². The molecule has 8 heteroatoms. The minimum atomic E-state index is -0.0490. The van der Waals surface area contributed by atoms with E-state index in [1.54, 1.807) is 11.0 Å². The van der Waals surface area contributed by atoms with Crippen molar-refractivity contribution < 1.29 is 19.4 Å². The van der Waals surface area contributed by atoms with Crippen molar-refractivity contribution in [2.24, 2.45) is 4.99 Å². The molecule has 0 aliphatic carbocycles. The molecule has 0 saturated carbocycles. The molecule has 4 aromatic rings. The Morgan fingerprint density at radius 2 is 1.86 bits per heavy atom. The highest BCUT2D eigenvalue weighted by molar-refractivity contribution is 6.19. The fraction of sp³-hybridized carbons (Fsp3) is 0.306. The van der Waals surface area contributed by atoms with E-state index in [-0.39, 0.29) is 35.9 Å². The summed E-state index contributed by atoms with van der Waals surface area (Å²) in [5, 5.41) is 12.4. The van der Waals surface area contributed by atoms with Gasteiger partial charge in [-0.3, -0.25) is 14.6 Å². The number of phenolic OH excluding ortho intramolecular Hbond substituents is 1. The van der Waals surface area contributed by atoms with E-state index in [2.05, 4.69) is 4.99 Å². The minimum Gasteiger partial charge on any atom is -0.507 e. The number of amides is 2. The van der Waals surface area contributed by atoms with E-state index in [0.29, 0.717) is 36.0 Å². The van der Waals surface area contributed by atoms with Crippen LogP contribution in [0.25, 0.3) is 10.8 Å². The van der Waals surface area contributed by atoms with Crippen LogP contribution in [0.2, 0.25) is 0 Å². The number of nitrogens with zero attached hydrogens (tertiary/aromatic N) is 3. The Hall–Kier alpha value is -4.36. The Morgan fingerprint density at radius 1 is 1.05 bits per heavy atom. The van der Waals surface area contributed by atoms with Crippen molar-refractivity contribution in [1.29, 1.82) is 0 Å². The summed E-state index contributed by atoms with van der Waals surface area (Å²) in [4.78, 5) is 35.3. The van der Waals surface area contributed by atoms with Crippen LogP contribution < -0.4 is 9.64 Å². The van der Waals surface area contributed by atoms with Gasteiger partial charge in [-0.25, -0.2) is 0 Å². The van der Waals surface area contributed by atoms with Crippen LogP contribution in [0.1, 0.15) is 57.8 Å². The standard InChI is InChI=1S/C36H34ClN3O4/c1-22-13-29-30(38-19-26-9-4-5-12-39(26)36(29)43)16-33(22)44-21-24-8-6-7-23(14-24)15-34(42)40-20-25(18-37)35-28-11-3-2-10-27(28)32(41)17-31(35)40/h2-3,6-8,10-11,13-14,16-17,19,25-26,41H,4-5,9,12,15,18,20-21H2,1H3/t25-,26+/m1/s1. The van der Waals surface area contributed by atoms with Crippen LogP contribution in [0, 0.1) is 6.92 Å². The third kappa shape index (κ3) is 5.09. The lowest BCUT2D eigenvalue weighted by atomic mass is 9.95. The summed E-state index contributed by atoms with van der Waals surface area (Å²) in [7, 11) is 0. The predicted molar refractivity (Wildman–Crippen MR) is 174 cm³/mol. The minimum absolute atomic E-state index is 0.00845. The Labute approximate surface area is 261 Å². The maximum Gasteiger partial charge on any atom is 0.256 e. The van der Waals surface area contributed by atoms with Gasteiger partial charge in [-0.05, 0) is 59.9 Å². The first-order valence-electron chi connectivity index (χ1n) is 15.2. The molecule has 0 bridgehead atoms. The highest BCUT2D eigenvalue weighted by atomic mass is 35.5. The molecule has 4 aromatic carbocycles. The third-order valence-electron chi connectivity index (χ3n) is 9.09. The average Bonchev–Trinajstić information content (AvgIpc) is 3.36. The topological polar surface area (TPSA) is 82.4 Å². The first kappa shape index (κ1) is 28.4. The van der Waals surface area contributed by atoms with Crippen LogP contribution >= 0.6 is 11.6 Å². The van der Waals surface area contributed by atoms with Gasteiger partial charge >= 0.3 is 0 Å². The van der Waals surface area contributed by atoms with Gasteiger partial charge in [0.05, 0.1) is 29.4 Å². The van der Waals surface area contributed by atoms with Crippen LogP contribution in [-0.2, 0) is 17.8 Å². The molecule has 1 saturated heterocycles. The Morgan fingerprint density at radius 3 is 2.70 bits per heavy atom. The van der Waals surface area contributed by atoms with Crippen molar-refractivity contribution in [2.45, 2.75) is 51.2 Å². The van der Waals surface area contributed by atoms with Gasteiger partial charge < -0.3 is 19.6 Å². The van der Waals surface area contributed by atoms with Crippen LogP contribution in [-0.4, -0.2) is 53.0 Å². The largest absolute Gasteiger partial charge is 0.507 e. The first-order chi connectivity index (χ1) is 21.4. The lowest BCUT2D eigenvalue weighted by molar-refractivity contribution is -0.117. The van der Waals surface area contributed by atoms with Crippen molar-refractivity contribution in [3.8, 4) is 11.5 Å². The Balaban J connectivity index is 1.07. The van der Waals surface area contributed by atoms with Gasteiger partial charge in [0.25, 0.3) is 5.91 Å². The summed E-state index contributed by atoms with van der Waals surface area (Å²) in [5.41, 5.74) is 5.70. The Kier molecular flexibility index (Phi) is 7.50. The number of anilines is 1. The monoisotopic (exact) mass is 607 g/mol. The third-order valence-corrected chi connectivity index (χ3v) is 9.46. The number of rotatable bonds is 6. The molecule has 0 radical (unpaired) electrons. The van der Waals surface area contributed by atoms with E-state index in [9.17, 15) is 14.7 Å². The number of fused-ring (bicyclic) bond motifs is 5. The predicted octanol–water partition coefficient (Wildman–Crippen LogP) is 7.06. The first-order valence-corrected chi connectivity index (χ1v) is 15.8. The second kappa shape index (κ2) is 11.6. The fourth-order valence-electron chi connectivity index (χ4n) is 6.85. The zero-order chi connectivity index (χ0) is 30.4. The van der Waals surface area contributed by atoms with Gasteiger partial charge in [0.2, 0.25) is 5.91 Å². The van der Waals surface area contributed by atoms with Crippen molar-refractivity contribution >= 4 is 51.8 Å². The number of aryl methyl sites for hydroxylation is 1. The van der Waals surface area contributed by atoms with Gasteiger partial charge in [-0.2, -0.15) is 0 Å². The zero-order valence-corrected chi connectivity index (χ0v) is 25.4. The maximum atomic E-state index is 13.6. The molecule has 3 heterocycles. The molecule has 0 aromatic heterocycles. The van der Waals surface area contributed by atoms with Crippen LogP contribution in [0.3, 0.4) is 0 Å². The maximum absolute atomic E-state index is 13.6. The number of alkyl halides is 1. The fourth-order valence-corrected chi connectivity index (χ4v) is 7.10. The molecule has 3 aliphatic heterocycles. The molecule has 1 N–H and O–H groups in total. The molecular weight excluding hydrogens is 574 g/mol. The lowest BCUT2D eigenvalue weighted by Crippen LogP contribution is -2.43. The van der Waals surface area contributed by atoms with Gasteiger partial charge in [0, 0.05) is 48.6 Å². The van der Waals surface area contributed by atoms with E-state index < -0.39 is 0 Å². The summed E-state index contributed by atoms with van der Waals surface area (Å²) < 4.78 is 6.24. The number of halogens is 1. The quantitative estimate of drug-likeness (QED) is 0.238. The molecule has 2 amide bonds. The summed E-state index contributed by atoms with van der Waals surface area (Å²) >= 11 is 6.37. The van der Waals surface area contributed by atoms with Crippen molar-refractivity contribution in [3.63, 3.8) is 0 Å². The summed E-state index contributed by atoms with van der Waals surface area (Å²) in [6.45, 7) is 3.51. The zero-order valence-electron chi connectivity index (χ0n) is 24.6. The Bertz CT molecular complexity index is 1820. The molecule has 1 fully saturated rings. The normalized spacial score (nSPS) is 19.0. The summed E-state index contributed by atoms with van der Waals surface area (Å²) in [6, 6.07) is 21.0.